The molecule has 164 valence electrons. The van der Waals surface area contributed by atoms with E-state index >= 15 is 0 Å². The maximum Gasteiger partial charge on any atom is 0.125 e. The molecule has 0 aliphatic carbocycles. The second kappa shape index (κ2) is 7.91. The summed E-state index contributed by atoms with van der Waals surface area (Å²) in [6, 6.07) is 16.9. The van der Waals surface area contributed by atoms with Crippen molar-refractivity contribution in [1.29, 1.82) is 5.26 Å². The van der Waals surface area contributed by atoms with Crippen LogP contribution in [0.1, 0.15) is 42.3 Å². The number of likely N-dealkylation sites (tertiary alicyclic amines) is 1. The highest BCUT2D eigenvalue weighted by Gasteiger charge is 2.27. The van der Waals surface area contributed by atoms with E-state index in [4.69, 9.17) is 0 Å². The summed E-state index contributed by atoms with van der Waals surface area (Å²) in [7, 11) is 2.09. The molecule has 1 atom stereocenters. The molecule has 0 bridgehead atoms. The van der Waals surface area contributed by atoms with E-state index in [2.05, 4.69) is 67.0 Å². The largest absolute Gasteiger partial charge is 0.353 e. The number of nitriles is 1. The van der Waals surface area contributed by atoms with Crippen LogP contribution < -0.4 is 0 Å². The number of nitrogens with one attached hydrogen (secondary N) is 2. The van der Waals surface area contributed by atoms with Crippen LogP contribution in [0.15, 0.2) is 54.9 Å². The van der Waals surface area contributed by atoms with Crippen LogP contribution in [-0.2, 0) is 13.6 Å². The first kappa shape index (κ1) is 19.8. The van der Waals surface area contributed by atoms with E-state index in [1.165, 1.54) is 23.8 Å². The predicted octanol–water partition coefficient (Wildman–Crippen LogP) is 5.04. The SMILES string of the molecule is Cn1ccnc1C1CCCCN1Cc1cccc2[nH]c(-c3n[nH]c4cc(C#N)ccc34)cc12. The number of H-pyrrole nitrogens is 2. The summed E-state index contributed by atoms with van der Waals surface area (Å²) in [6.45, 7) is 1.97. The molecule has 6 rings (SSSR count). The molecule has 1 aliphatic heterocycles. The van der Waals surface area contributed by atoms with Crippen LogP contribution in [0.25, 0.3) is 33.2 Å². The van der Waals surface area contributed by atoms with Crippen molar-refractivity contribution in [3.8, 4) is 17.5 Å². The Kier molecular flexibility index (Phi) is 4.74. The fourth-order valence-corrected chi connectivity index (χ4v) is 5.17. The van der Waals surface area contributed by atoms with Gasteiger partial charge in [-0.05, 0) is 55.3 Å². The van der Waals surface area contributed by atoms with E-state index in [1.807, 2.05) is 30.6 Å². The zero-order valence-corrected chi connectivity index (χ0v) is 18.5. The van der Waals surface area contributed by atoms with Crippen molar-refractivity contribution < 1.29 is 0 Å². The summed E-state index contributed by atoms with van der Waals surface area (Å²) in [4.78, 5) is 10.8. The first-order valence-corrected chi connectivity index (χ1v) is 11.4. The lowest BCUT2D eigenvalue weighted by Crippen LogP contribution is -2.34. The molecule has 2 aromatic carbocycles. The van der Waals surface area contributed by atoms with Gasteiger partial charge in [-0.2, -0.15) is 10.4 Å². The van der Waals surface area contributed by atoms with E-state index in [-0.39, 0.29) is 0 Å². The molecular weight excluding hydrogens is 410 g/mol. The molecule has 1 unspecified atom stereocenters. The standard InChI is InChI=1S/C26H25N7/c1-32-12-10-28-26(32)24-7-2-3-11-33(24)16-18-5-4-6-21-20(18)14-23(29-21)25-19-9-8-17(15-27)13-22(19)30-31-25/h4-6,8-10,12-14,24,29H,2-3,7,11,16H2,1H3,(H,30,31). The van der Waals surface area contributed by atoms with E-state index in [0.29, 0.717) is 11.6 Å². The molecule has 0 saturated carbocycles. The van der Waals surface area contributed by atoms with Crippen LogP contribution in [0.4, 0.5) is 0 Å². The van der Waals surface area contributed by atoms with Crippen molar-refractivity contribution in [2.75, 3.05) is 6.54 Å². The van der Waals surface area contributed by atoms with Gasteiger partial charge in [-0.25, -0.2) is 4.98 Å². The first-order chi connectivity index (χ1) is 16.2. The Hall–Kier alpha value is -3.89. The Morgan fingerprint density at radius 3 is 2.91 bits per heavy atom. The fraction of sp³-hybridized carbons (Fsp3) is 0.269. The maximum atomic E-state index is 9.18. The summed E-state index contributed by atoms with van der Waals surface area (Å²) in [6.07, 6.45) is 7.54. The zero-order chi connectivity index (χ0) is 22.4. The highest BCUT2D eigenvalue weighted by Crippen LogP contribution is 2.34. The maximum absolute atomic E-state index is 9.18. The smallest absolute Gasteiger partial charge is 0.125 e. The Balaban J connectivity index is 1.37. The van der Waals surface area contributed by atoms with Gasteiger partial charge in [0.05, 0.1) is 28.9 Å². The summed E-state index contributed by atoms with van der Waals surface area (Å²) >= 11 is 0. The number of aromatic nitrogens is 5. The number of hydrogen-bond acceptors (Lipinski definition) is 4. The number of piperidine rings is 1. The lowest BCUT2D eigenvalue weighted by Gasteiger charge is -2.35. The lowest BCUT2D eigenvalue weighted by atomic mass is 9.99. The van der Waals surface area contributed by atoms with Crippen molar-refractivity contribution in [1.82, 2.24) is 29.6 Å². The molecule has 4 heterocycles. The van der Waals surface area contributed by atoms with E-state index in [0.717, 1.165) is 53.1 Å². The van der Waals surface area contributed by atoms with Gasteiger partial charge in [0.1, 0.15) is 11.5 Å². The molecule has 0 spiro atoms. The number of aryl methyl sites for hydroxylation is 1. The molecule has 7 heteroatoms. The molecule has 33 heavy (non-hydrogen) atoms. The predicted molar refractivity (Wildman–Crippen MR) is 128 cm³/mol. The number of fused-ring (bicyclic) bond motifs is 2. The quantitative estimate of drug-likeness (QED) is 0.414. The molecule has 1 aliphatic rings. The Bertz CT molecular complexity index is 1500. The Labute approximate surface area is 191 Å². The third-order valence-corrected chi connectivity index (χ3v) is 6.85. The minimum Gasteiger partial charge on any atom is -0.353 e. The number of hydrogen-bond donors (Lipinski definition) is 2. The van der Waals surface area contributed by atoms with Gasteiger partial charge in [0.2, 0.25) is 0 Å². The molecule has 1 saturated heterocycles. The molecule has 0 radical (unpaired) electrons. The van der Waals surface area contributed by atoms with Crippen LogP contribution in [0, 0.1) is 11.3 Å². The van der Waals surface area contributed by atoms with Gasteiger partial charge in [-0.3, -0.25) is 10.00 Å². The monoisotopic (exact) mass is 435 g/mol. The van der Waals surface area contributed by atoms with Crippen LogP contribution in [0.2, 0.25) is 0 Å². The van der Waals surface area contributed by atoms with Gasteiger partial charge in [-0.15, -0.1) is 0 Å². The summed E-state index contributed by atoms with van der Waals surface area (Å²) in [5, 5.41) is 19.0. The van der Waals surface area contributed by atoms with Crippen molar-refractivity contribution in [2.45, 2.75) is 31.8 Å². The van der Waals surface area contributed by atoms with Crippen molar-refractivity contribution in [3.63, 3.8) is 0 Å². The van der Waals surface area contributed by atoms with Gasteiger partial charge in [-0.1, -0.05) is 18.6 Å². The average molecular weight is 436 g/mol. The third kappa shape index (κ3) is 3.40. The van der Waals surface area contributed by atoms with Crippen LogP contribution in [0.5, 0.6) is 0 Å². The van der Waals surface area contributed by atoms with Crippen LogP contribution >= 0.6 is 0 Å². The number of aromatic amines is 2. The van der Waals surface area contributed by atoms with E-state index in [1.54, 1.807) is 0 Å². The molecule has 3 aromatic heterocycles. The summed E-state index contributed by atoms with van der Waals surface area (Å²) in [5.74, 6) is 1.15. The minimum absolute atomic E-state index is 0.344. The number of nitrogens with zero attached hydrogens (tertiary/aromatic N) is 5. The molecule has 2 N–H and O–H groups in total. The average Bonchev–Trinajstić information content (AvgIpc) is 3.57. The third-order valence-electron chi connectivity index (χ3n) is 6.85. The van der Waals surface area contributed by atoms with Crippen LogP contribution in [-0.4, -0.2) is 36.2 Å². The van der Waals surface area contributed by atoms with Crippen LogP contribution in [0.3, 0.4) is 0 Å². The highest BCUT2D eigenvalue weighted by atomic mass is 15.2. The number of benzene rings is 2. The topological polar surface area (TPSA) is 89.3 Å². The first-order valence-electron chi connectivity index (χ1n) is 11.4. The van der Waals surface area contributed by atoms with E-state index < -0.39 is 0 Å². The van der Waals surface area contributed by atoms with Gasteiger partial charge < -0.3 is 9.55 Å². The molecule has 7 nitrogen and oxygen atoms in total. The molecule has 0 amide bonds. The van der Waals surface area contributed by atoms with Crippen molar-refractivity contribution in [2.24, 2.45) is 7.05 Å². The van der Waals surface area contributed by atoms with Gasteiger partial charge in [0.15, 0.2) is 0 Å². The highest BCUT2D eigenvalue weighted by molar-refractivity contribution is 5.96. The van der Waals surface area contributed by atoms with Gasteiger partial charge in [0, 0.05) is 42.3 Å². The minimum atomic E-state index is 0.344. The Morgan fingerprint density at radius 2 is 2.06 bits per heavy atom. The number of imidazole rings is 1. The van der Waals surface area contributed by atoms with E-state index in [9.17, 15) is 5.26 Å². The summed E-state index contributed by atoms with van der Waals surface area (Å²) < 4.78 is 2.15. The van der Waals surface area contributed by atoms with Crippen molar-refractivity contribution >= 4 is 21.8 Å². The second-order valence-corrected chi connectivity index (χ2v) is 8.88. The lowest BCUT2D eigenvalue weighted by molar-refractivity contribution is 0.132. The van der Waals surface area contributed by atoms with Gasteiger partial charge in [0.25, 0.3) is 0 Å². The number of rotatable bonds is 4. The second-order valence-electron chi connectivity index (χ2n) is 8.88. The normalized spacial score (nSPS) is 17.0. The summed E-state index contributed by atoms with van der Waals surface area (Å²) in [5.41, 5.74) is 5.77. The fourth-order valence-electron chi connectivity index (χ4n) is 5.17. The molecule has 1 fully saturated rings. The molecular formula is C26H25N7. The van der Waals surface area contributed by atoms with Crippen molar-refractivity contribution in [3.05, 3.63) is 71.8 Å². The Morgan fingerprint density at radius 1 is 1.12 bits per heavy atom. The molecule has 5 aromatic rings. The van der Waals surface area contributed by atoms with Gasteiger partial charge >= 0.3 is 0 Å². The zero-order valence-electron chi connectivity index (χ0n) is 18.5.